The van der Waals surface area contributed by atoms with Gasteiger partial charge >= 0.3 is 0 Å². The summed E-state index contributed by atoms with van der Waals surface area (Å²) in [5.74, 6) is -0.0337. The number of amides is 2. The van der Waals surface area contributed by atoms with E-state index in [2.05, 4.69) is 27.4 Å². The number of anilines is 1. The SMILES string of the molecule is Cc1ccc(C(=O)Nc2c(C(=O)N3CCN(Cc4ccccc4)CC3)cnn2-c2ccccc2)cc1. The van der Waals surface area contributed by atoms with Gasteiger partial charge in [0.1, 0.15) is 11.4 Å². The van der Waals surface area contributed by atoms with Gasteiger partial charge in [-0.1, -0.05) is 66.2 Å². The van der Waals surface area contributed by atoms with Crippen LogP contribution in [0.5, 0.6) is 0 Å². The highest BCUT2D eigenvalue weighted by atomic mass is 16.2. The van der Waals surface area contributed by atoms with Gasteiger partial charge in [0.2, 0.25) is 0 Å². The minimum atomic E-state index is -0.283. The van der Waals surface area contributed by atoms with E-state index in [1.807, 2.05) is 72.5 Å². The van der Waals surface area contributed by atoms with Crippen molar-refractivity contribution in [2.75, 3.05) is 31.5 Å². The third-order valence-electron chi connectivity index (χ3n) is 6.45. The first kappa shape index (κ1) is 23.5. The standard InChI is InChI=1S/C29H29N5O2/c1-22-12-14-24(15-13-22)28(35)31-27-26(20-30-34(27)25-10-6-3-7-11-25)29(36)33-18-16-32(17-19-33)21-23-8-4-2-5-9-23/h2-15,20H,16-19,21H2,1H3,(H,31,35). The number of nitrogens with one attached hydrogen (secondary N) is 1. The number of para-hydroxylation sites is 1. The summed E-state index contributed by atoms with van der Waals surface area (Å²) >= 11 is 0. The molecule has 2 amide bonds. The average molecular weight is 480 g/mol. The zero-order chi connectivity index (χ0) is 24.9. The van der Waals surface area contributed by atoms with Crippen molar-refractivity contribution in [2.24, 2.45) is 0 Å². The van der Waals surface area contributed by atoms with Gasteiger partial charge in [-0.05, 0) is 36.8 Å². The molecule has 3 aromatic carbocycles. The van der Waals surface area contributed by atoms with Crippen LogP contribution in [0.15, 0.2) is 91.1 Å². The Morgan fingerprint density at radius 3 is 2.14 bits per heavy atom. The Morgan fingerprint density at radius 2 is 1.47 bits per heavy atom. The van der Waals surface area contributed by atoms with Gasteiger partial charge in [0.25, 0.3) is 11.8 Å². The largest absolute Gasteiger partial charge is 0.336 e. The molecule has 7 nitrogen and oxygen atoms in total. The number of rotatable bonds is 6. The lowest BCUT2D eigenvalue weighted by Crippen LogP contribution is -2.48. The molecule has 2 heterocycles. The third kappa shape index (κ3) is 5.21. The van der Waals surface area contributed by atoms with E-state index >= 15 is 0 Å². The fraction of sp³-hybridized carbons (Fsp3) is 0.207. The van der Waals surface area contributed by atoms with Crippen LogP contribution in [0.3, 0.4) is 0 Å². The van der Waals surface area contributed by atoms with Gasteiger partial charge < -0.3 is 10.2 Å². The molecule has 1 aliphatic heterocycles. The Balaban J connectivity index is 1.36. The summed E-state index contributed by atoms with van der Waals surface area (Å²) in [7, 11) is 0. The number of aromatic nitrogens is 2. The van der Waals surface area contributed by atoms with E-state index in [9.17, 15) is 9.59 Å². The van der Waals surface area contributed by atoms with Crippen LogP contribution in [-0.4, -0.2) is 57.6 Å². The summed E-state index contributed by atoms with van der Waals surface area (Å²) in [5.41, 5.74) is 4.01. The van der Waals surface area contributed by atoms with Gasteiger partial charge in [-0.15, -0.1) is 0 Å². The molecule has 5 rings (SSSR count). The van der Waals surface area contributed by atoms with Crippen LogP contribution in [0.1, 0.15) is 31.8 Å². The number of piperazine rings is 1. The van der Waals surface area contributed by atoms with Gasteiger partial charge in [-0.3, -0.25) is 14.5 Å². The molecular weight excluding hydrogens is 450 g/mol. The summed E-state index contributed by atoms with van der Waals surface area (Å²) in [6, 6.07) is 27.2. The van der Waals surface area contributed by atoms with Crippen molar-refractivity contribution in [2.45, 2.75) is 13.5 Å². The lowest BCUT2D eigenvalue weighted by molar-refractivity contribution is 0.0629. The molecule has 1 aliphatic rings. The van der Waals surface area contributed by atoms with Gasteiger partial charge in [0.15, 0.2) is 0 Å². The van der Waals surface area contributed by atoms with Crippen molar-refractivity contribution in [3.05, 3.63) is 113 Å². The van der Waals surface area contributed by atoms with E-state index in [4.69, 9.17) is 0 Å². The molecule has 0 spiro atoms. The van der Waals surface area contributed by atoms with E-state index in [1.54, 1.807) is 23.0 Å². The average Bonchev–Trinajstić information content (AvgIpc) is 3.33. The van der Waals surface area contributed by atoms with Gasteiger partial charge in [-0.25, -0.2) is 4.68 Å². The van der Waals surface area contributed by atoms with Crippen molar-refractivity contribution in [3.8, 4) is 5.69 Å². The van der Waals surface area contributed by atoms with E-state index in [-0.39, 0.29) is 11.8 Å². The van der Waals surface area contributed by atoms with E-state index in [0.29, 0.717) is 30.0 Å². The molecule has 0 bridgehead atoms. The van der Waals surface area contributed by atoms with Gasteiger partial charge in [0, 0.05) is 38.3 Å². The Morgan fingerprint density at radius 1 is 0.833 bits per heavy atom. The van der Waals surface area contributed by atoms with Crippen LogP contribution in [0.2, 0.25) is 0 Å². The first-order valence-corrected chi connectivity index (χ1v) is 12.2. The van der Waals surface area contributed by atoms with Crippen LogP contribution in [0.25, 0.3) is 5.69 Å². The maximum atomic E-state index is 13.6. The predicted molar refractivity (Wildman–Crippen MR) is 140 cm³/mol. The number of benzene rings is 3. The van der Waals surface area contributed by atoms with Gasteiger partial charge in [-0.2, -0.15) is 5.10 Å². The van der Waals surface area contributed by atoms with Crippen molar-refractivity contribution in [1.82, 2.24) is 19.6 Å². The van der Waals surface area contributed by atoms with Crippen molar-refractivity contribution < 1.29 is 9.59 Å². The molecule has 1 N–H and O–H groups in total. The van der Waals surface area contributed by atoms with E-state index < -0.39 is 0 Å². The van der Waals surface area contributed by atoms with Crippen LogP contribution >= 0.6 is 0 Å². The second kappa shape index (κ2) is 10.6. The van der Waals surface area contributed by atoms with Crippen molar-refractivity contribution in [1.29, 1.82) is 0 Å². The summed E-state index contributed by atoms with van der Waals surface area (Å²) < 4.78 is 1.62. The zero-order valence-electron chi connectivity index (χ0n) is 20.3. The molecule has 0 saturated carbocycles. The summed E-state index contributed by atoms with van der Waals surface area (Å²) in [5, 5.41) is 7.44. The van der Waals surface area contributed by atoms with Crippen molar-refractivity contribution >= 4 is 17.6 Å². The molecule has 7 heteroatoms. The molecule has 1 aromatic heterocycles. The number of carbonyl (C=O) groups is 2. The summed E-state index contributed by atoms with van der Waals surface area (Å²) in [6.45, 7) is 5.66. The molecule has 0 aliphatic carbocycles. The van der Waals surface area contributed by atoms with Crippen LogP contribution in [0.4, 0.5) is 5.82 Å². The fourth-order valence-electron chi connectivity index (χ4n) is 4.40. The molecule has 1 saturated heterocycles. The Hall–Kier alpha value is -4.23. The predicted octanol–water partition coefficient (Wildman–Crippen LogP) is 4.39. The zero-order valence-corrected chi connectivity index (χ0v) is 20.3. The topological polar surface area (TPSA) is 70.5 Å². The van der Waals surface area contributed by atoms with Gasteiger partial charge in [0.05, 0.1) is 11.9 Å². The molecule has 182 valence electrons. The third-order valence-corrected chi connectivity index (χ3v) is 6.45. The lowest BCUT2D eigenvalue weighted by atomic mass is 10.1. The maximum Gasteiger partial charge on any atom is 0.259 e. The number of carbonyl (C=O) groups excluding carboxylic acids is 2. The highest BCUT2D eigenvalue weighted by molar-refractivity contribution is 6.08. The number of hydrogen-bond donors (Lipinski definition) is 1. The molecule has 0 unspecified atom stereocenters. The fourth-order valence-corrected chi connectivity index (χ4v) is 4.40. The summed E-state index contributed by atoms with van der Waals surface area (Å²) in [6.07, 6.45) is 1.55. The van der Waals surface area contributed by atoms with Crippen molar-refractivity contribution in [3.63, 3.8) is 0 Å². The second-order valence-corrected chi connectivity index (χ2v) is 9.03. The molecule has 0 radical (unpaired) electrons. The highest BCUT2D eigenvalue weighted by Gasteiger charge is 2.27. The molecular formula is C29H29N5O2. The minimum Gasteiger partial charge on any atom is -0.336 e. The van der Waals surface area contributed by atoms with Crippen LogP contribution in [-0.2, 0) is 6.54 Å². The second-order valence-electron chi connectivity index (χ2n) is 9.03. The normalized spacial score (nSPS) is 14.0. The lowest BCUT2D eigenvalue weighted by Gasteiger charge is -2.34. The highest BCUT2D eigenvalue weighted by Crippen LogP contribution is 2.24. The number of hydrogen-bond acceptors (Lipinski definition) is 4. The maximum absolute atomic E-state index is 13.6. The van der Waals surface area contributed by atoms with Crippen LogP contribution in [0, 0.1) is 6.92 Å². The Labute approximate surface area is 211 Å². The Bertz CT molecular complexity index is 1330. The smallest absolute Gasteiger partial charge is 0.259 e. The first-order chi connectivity index (χ1) is 17.6. The van der Waals surface area contributed by atoms with Crippen LogP contribution < -0.4 is 5.32 Å². The Kier molecular flexibility index (Phi) is 6.91. The molecule has 0 atom stereocenters. The molecule has 1 fully saturated rings. The number of aryl methyl sites for hydroxylation is 1. The molecule has 36 heavy (non-hydrogen) atoms. The quantitative estimate of drug-likeness (QED) is 0.445. The molecule has 4 aromatic rings. The minimum absolute atomic E-state index is 0.129. The summed E-state index contributed by atoms with van der Waals surface area (Å²) in [4.78, 5) is 30.9. The first-order valence-electron chi connectivity index (χ1n) is 12.2. The number of nitrogens with zero attached hydrogens (tertiary/aromatic N) is 4. The monoisotopic (exact) mass is 479 g/mol. The van der Waals surface area contributed by atoms with E-state index in [1.165, 1.54) is 5.56 Å². The van der Waals surface area contributed by atoms with E-state index in [0.717, 1.165) is 30.9 Å².